The standard InChI is InChI=1S/C19H18N2.C13H11N3/c20-21-19(16-10-4-1-5-11-16,17-12-6-2-7-13-17)18-14-8-3-9-15-18;14-13(15)8-5-6-12-10(7-8)9-3-1-2-4-11(9)16-12/h1-15,21H,20H2;1-7,16H,(H3,14,15). The molecule has 0 aliphatic carbocycles. The molecule has 0 spiro atoms. The largest absolute Gasteiger partial charge is 0.384 e. The van der Waals surface area contributed by atoms with E-state index in [4.69, 9.17) is 17.0 Å². The van der Waals surface area contributed by atoms with Gasteiger partial charge in [0.05, 0.1) is 0 Å². The third-order valence-electron chi connectivity index (χ3n) is 6.65. The predicted molar refractivity (Wildman–Crippen MR) is 153 cm³/mol. The van der Waals surface area contributed by atoms with Crippen LogP contribution in [-0.4, -0.2) is 10.8 Å². The first-order valence-electron chi connectivity index (χ1n) is 12.1. The van der Waals surface area contributed by atoms with Crippen molar-refractivity contribution in [2.45, 2.75) is 5.54 Å². The molecule has 0 saturated carbocycles. The van der Waals surface area contributed by atoms with Crippen molar-refractivity contribution in [3.63, 3.8) is 0 Å². The smallest absolute Gasteiger partial charge is 0.122 e. The van der Waals surface area contributed by atoms with Crippen molar-refractivity contribution < 1.29 is 0 Å². The molecule has 1 heterocycles. The zero-order valence-corrected chi connectivity index (χ0v) is 20.4. The van der Waals surface area contributed by atoms with E-state index in [1.54, 1.807) is 0 Å². The van der Waals surface area contributed by atoms with Crippen LogP contribution in [0.25, 0.3) is 21.8 Å². The molecule has 6 rings (SSSR count). The Labute approximate surface area is 216 Å². The number of rotatable bonds is 5. The van der Waals surface area contributed by atoms with Crippen LogP contribution in [0.2, 0.25) is 0 Å². The summed E-state index contributed by atoms with van der Waals surface area (Å²) in [5, 5.41) is 9.72. The summed E-state index contributed by atoms with van der Waals surface area (Å²) < 4.78 is 0. The number of para-hydroxylation sites is 1. The quantitative estimate of drug-likeness (QED) is 0.0678. The molecular weight excluding hydrogens is 454 g/mol. The van der Waals surface area contributed by atoms with Crippen LogP contribution in [0.5, 0.6) is 0 Å². The number of nitrogen functional groups attached to an aromatic ring is 1. The van der Waals surface area contributed by atoms with Crippen molar-refractivity contribution in [1.29, 1.82) is 5.41 Å². The molecule has 0 radical (unpaired) electrons. The zero-order chi connectivity index (χ0) is 25.7. The second-order valence-corrected chi connectivity index (χ2v) is 8.84. The van der Waals surface area contributed by atoms with Crippen molar-refractivity contribution in [2.75, 3.05) is 0 Å². The van der Waals surface area contributed by atoms with Gasteiger partial charge in [-0.3, -0.25) is 11.3 Å². The molecule has 0 bridgehead atoms. The zero-order valence-electron chi connectivity index (χ0n) is 20.4. The molecule has 0 aliphatic heterocycles. The van der Waals surface area contributed by atoms with E-state index in [0.717, 1.165) is 38.7 Å². The predicted octanol–water partition coefficient (Wildman–Crippen LogP) is 6.05. The second-order valence-electron chi connectivity index (χ2n) is 8.84. The number of nitrogens with two attached hydrogens (primary N) is 2. The minimum absolute atomic E-state index is 0.104. The number of amidine groups is 1. The normalized spacial score (nSPS) is 11.2. The highest BCUT2D eigenvalue weighted by atomic mass is 15.3. The topological polar surface area (TPSA) is 104 Å². The van der Waals surface area contributed by atoms with E-state index in [2.05, 4.69) is 52.9 Å². The lowest BCUT2D eigenvalue weighted by Gasteiger charge is -2.35. The second kappa shape index (κ2) is 10.5. The number of hydrazine groups is 1. The Morgan fingerprint density at radius 3 is 1.54 bits per heavy atom. The fourth-order valence-corrected chi connectivity index (χ4v) is 4.83. The molecule has 7 N–H and O–H groups in total. The maximum Gasteiger partial charge on any atom is 0.122 e. The van der Waals surface area contributed by atoms with Gasteiger partial charge in [-0.2, -0.15) is 0 Å². The molecule has 37 heavy (non-hydrogen) atoms. The Balaban J connectivity index is 0.000000157. The summed E-state index contributed by atoms with van der Waals surface area (Å²) in [6.45, 7) is 0. The summed E-state index contributed by atoms with van der Waals surface area (Å²) in [5.74, 6) is 6.16. The molecule has 6 aromatic rings. The van der Waals surface area contributed by atoms with E-state index in [0.29, 0.717) is 0 Å². The fraction of sp³-hybridized carbons (Fsp3) is 0.0312. The van der Waals surface area contributed by atoms with Gasteiger partial charge in [-0.15, -0.1) is 0 Å². The number of hydrogen-bond acceptors (Lipinski definition) is 3. The highest BCUT2D eigenvalue weighted by molar-refractivity contribution is 6.10. The van der Waals surface area contributed by atoms with Crippen LogP contribution in [-0.2, 0) is 5.54 Å². The average Bonchev–Trinajstić information content (AvgIpc) is 3.34. The summed E-state index contributed by atoms with van der Waals surface area (Å²) >= 11 is 0. The maximum atomic E-state index is 7.44. The van der Waals surface area contributed by atoms with E-state index in [-0.39, 0.29) is 5.84 Å². The van der Waals surface area contributed by atoms with Gasteiger partial charge in [0.1, 0.15) is 11.4 Å². The number of benzene rings is 5. The summed E-state index contributed by atoms with van der Waals surface area (Å²) in [6, 6.07) is 44.7. The first kappa shape index (κ1) is 24.0. The molecule has 182 valence electrons. The minimum atomic E-state index is -0.552. The van der Waals surface area contributed by atoms with Crippen molar-refractivity contribution >= 4 is 27.6 Å². The van der Waals surface area contributed by atoms with Crippen LogP contribution in [0, 0.1) is 5.41 Å². The van der Waals surface area contributed by atoms with E-state index in [9.17, 15) is 0 Å². The maximum absolute atomic E-state index is 7.44. The van der Waals surface area contributed by atoms with Gasteiger partial charge in [0.25, 0.3) is 0 Å². The van der Waals surface area contributed by atoms with Crippen molar-refractivity contribution in [1.82, 2.24) is 10.4 Å². The Morgan fingerprint density at radius 2 is 1.05 bits per heavy atom. The van der Waals surface area contributed by atoms with Crippen molar-refractivity contribution in [2.24, 2.45) is 11.6 Å². The fourth-order valence-electron chi connectivity index (χ4n) is 4.83. The van der Waals surface area contributed by atoms with Gasteiger partial charge < -0.3 is 10.7 Å². The van der Waals surface area contributed by atoms with Crippen molar-refractivity contribution in [3.05, 3.63) is 156 Å². The molecule has 0 unspecified atom stereocenters. The SMILES string of the molecule is N=C(N)c1ccc2[nH]c3ccccc3c2c1.NNC(c1ccccc1)(c1ccccc1)c1ccccc1. The lowest BCUT2D eigenvalue weighted by atomic mass is 9.77. The average molecular weight is 484 g/mol. The summed E-state index contributed by atoms with van der Waals surface area (Å²) in [6.07, 6.45) is 0. The van der Waals surface area contributed by atoms with Gasteiger partial charge in [-0.05, 0) is 41.0 Å². The van der Waals surface area contributed by atoms with E-state index >= 15 is 0 Å². The Kier molecular flexibility index (Phi) is 6.81. The van der Waals surface area contributed by atoms with Crippen LogP contribution in [0.15, 0.2) is 133 Å². The third kappa shape index (κ3) is 4.61. The number of nitrogens with one attached hydrogen (secondary N) is 3. The molecule has 0 fully saturated rings. The molecule has 1 aromatic heterocycles. The Morgan fingerprint density at radius 1 is 0.595 bits per heavy atom. The molecule has 5 aromatic carbocycles. The lowest BCUT2D eigenvalue weighted by molar-refractivity contribution is 0.489. The molecule has 0 saturated heterocycles. The number of aromatic nitrogens is 1. The highest BCUT2D eigenvalue weighted by Gasteiger charge is 2.34. The summed E-state index contributed by atoms with van der Waals surface area (Å²) in [4.78, 5) is 3.33. The molecule has 0 amide bonds. The molecule has 0 atom stereocenters. The first-order valence-corrected chi connectivity index (χ1v) is 12.1. The molecular formula is C32H29N5. The van der Waals surface area contributed by atoms with Gasteiger partial charge in [0.2, 0.25) is 0 Å². The highest BCUT2D eigenvalue weighted by Crippen LogP contribution is 2.35. The monoisotopic (exact) mass is 483 g/mol. The number of fused-ring (bicyclic) bond motifs is 3. The van der Waals surface area contributed by atoms with E-state index in [1.807, 2.05) is 91.0 Å². The first-order chi connectivity index (χ1) is 18.1. The minimum Gasteiger partial charge on any atom is -0.384 e. The molecule has 0 aliphatic rings. The number of aromatic amines is 1. The van der Waals surface area contributed by atoms with Crippen LogP contribution >= 0.6 is 0 Å². The number of H-pyrrole nitrogens is 1. The van der Waals surface area contributed by atoms with Gasteiger partial charge in [0, 0.05) is 27.4 Å². The van der Waals surface area contributed by atoms with Gasteiger partial charge in [0.15, 0.2) is 0 Å². The Hall–Kier alpha value is -4.71. The van der Waals surface area contributed by atoms with Crippen LogP contribution < -0.4 is 17.0 Å². The van der Waals surface area contributed by atoms with E-state index in [1.165, 1.54) is 5.39 Å². The summed E-state index contributed by atoms with van der Waals surface area (Å²) in [7, 11) is 0. The van der Waals surface area contributed by atoms with Gasteiger partial charge in [-0.25, -0.2) is 5.43 Å². The number of hydrogen-bond donors (Lipinski definition) is 5. The molecule has 5 nitrogen and oxygen atoms in total. The molecule has 5 heteroatoms. The summed E-state index contributed by atoms with van der Waals surface area (Å²) in [5.41, 5.74) is 14.3. The van der Waals surface area contributed by atoms with Crippen molar-refractivity contribution in [3.8, 4) is 0 Å². The lowest BCUT2D eigenvalue weighted by Crippen LogP contribution is -2.48. The van der Waals surface area contributed by atoms with Crippen LogP contribution in [0.3, 0.4) is 0 Å². The van der Waals surface area contributed by atoms with Crippen LogP contribution in [0.1, 0.15) is 22.3 Å². The van der Waals surface area contributed by atoms with Gasteiger partial charge >= 0.3 is 0 Å². The Bertz CT molecular complexity index is 1530. The van der Waals surface area contributed by atoms with E-state index < -0.39 is 5.54 Å². The van der Waals surface area contributed by atoms with Crippen LogP contribution in [0.4, 0.5) is 0 Å². The van der Waals surface area contributed by atoms with Gasteiger partial charge in [-0.1, -0.05) is 109 Å². The third-order valence-corrected chi connectivity index (χ3v) is 6.65.